The zero-order chi connectivity index (χ0) is 31.0. The zero-order valence-electron chi connectivity index (χ0n) is 24.5. The third-order valence-electron chi connectivity index (χ3n) is 8.25. The van der Waals surface area contributed by atoms with Crippen LogP contribution in [0, 0.1) is 17.1 Å². The third-order valence-corrected chi connectivity index (χ3v) is 8.25. The summed E-state index contributed by atoms with van der Waals surface area (Å²) in [4.78, 5) is 25.8. The van der Waals surface area contributed by atoms with E-state index in [1.165, 1.54) is 12.4 Å². The van der Waals surface area contributed by atoms with Crippen molar-refractivity contribution in [3.05, 3.63) is 72.3 Å². The lowest BCUT2D eigenvalue weighted by Gasteiger charge is -2.46. The van der Waals surface area contributed by atoms with E-state index in [1.807, 2.05) is 36.9 Å². The zero-order valence-corrected chi connectivity index (χ0v) is 24.5. The Morgan fingerprint density at radius 3 is 2.64 bits per heavy atom. The number of anilines is 1. The summed E-state index contributed by atoms with van der Waals surface area (Å²) in [6.45, 7) is 5.59. The van der Waals surface area contributed by atoms with Gasteiger partial charge in [-0.2, -0.15) is 10.4 Å². The van der Waals surface area contributed by atoms with Crippen molar-refractivity contribution >= 4 is 22.8 Å². The summed E-state index contributed by atoms with van der Waals surface area (Å²) in [6, 6.07) is 15.4. The molecule has 2 aliphatic heterocycles. The number of para-hydroxylation sites is 1. The van der Waals surface area contributed by atoms with Gasteiger partial charge in [0.15, 0.2) is 5.65 Å². The lowest BCUT2D eigenvalue weighted by atomic mass is 9.93. The number of nitrogen functional groups attached to an aromatic ring is 1. The number of amides is 1. The summed E-state index contributed by atoms with van der Waals surface area (Å²) in [5.41, 5.74) is 6.71. The van der Waals surface area contributed by atoms with Gasteiger partial charge in [0, 0.05) is 43.3 Å². The highest BCUT2D eigenvalue weighted by Gasteiger charge is 2.37. The molecule has 0 aliphatic carbocycles. The Balaban J connectivity index is 1.29. The minimum Gasteiger partial charge on any atom is -0.457 e. The van der Waals surface area contributed by atoms with E-state index in [1.54, 1.807) is 39.9 Å². The van der Waals surface area contributed by atoms with Gasteiger partial charge in [0.05, 0.1) is 17.5 Å². The van der Waals surface area contributed by atoms with Gasteiger partial charge in [-0.3, -0.25) is 9.69 Å². The lowest BCUT2D eigenvalue weighted by Crippen LogP contribution is -2.59. The highest BCUT2D eigenvalue weighted by molar-refractivity contribution is 5.99. The standard InChI is InChI=1S/C32H33FN8O3/c1-32(2,40-17-22(42)18-40)14-20(15-34)31(43)39-12-6-7-21(16-39)41-30-27(29(35)36-19-37-30)28(38-41)25-11-10-24(13-26(25)33)44-23-8-4-3-5-9-23/h3-5,8-11,13-14,19,21-22,42H,6-7,12,16-18H2,1-2H3,(H2,35,36,37)/b20-14+/t21-/m0/s1. The molecule has 44 heavy (non-hydrogen) atoms. The number of rotatable bonds is 7. The van der Waals surface area contributed by atoms with E-state index in [-0.39, 0.29) is 35.4 Å². The SMILES string of the molecule is CC(C)(/C=C(\C#N)C(=O)N1CCC[C@H](n2nc(-c3ccc(Oc4ccccc4)cc3F)c3c(N)ncnc32)C1)N1CC(O)C1. The molecule has 2 fully saturated rings. The number of aliphatic hydroxyl groups is 1. The summed E-state index contributed by atoms with van der Waals surface area (Å²) < 4.78 is 23.1. The smallest absolute Gasteiger partial charge is 0.264 e. The summed E-state index contributed by atoms with van der Waals surface area (Å²) in [5.74, 6) is 0.173. The highest BCUT2D eigenvalue weighted by Crippen LogP contribution is 2.36. The molecule has 226 valence electrons. The number of nitrogens with zero attached hydrogens (tertiary/aromatic N) is 7. The number of carbonyl (C=O) groups is 1. The third kappa shape index (κ3) is 5.59. The van der Waals surface area contributed by atoms with Crippen LogP contribution in [0.5, 0.6) is 11.5 Å². The van der Waals surface area contributed by atoms with Crippen LogP contribution in [0.15, 0.2) is 66.5 Å². The molecule has 0 bridgehead atoms. The van der Waals surface area contributed by atoms with Crippen molar-refractivity contribution in [2.75, 3.05) is 31.9 Å². The van der Waals surface area contributed by atoms with Crippen molar-refractivity contribution in [3.63, 3.8) is 0 Å². The van der Waals surface area contributed by atoms with Crippen LogP contribution in [0.3, 0.4) is 0 Å². The van der Waals surface area contributed by atoms with Gasteiger partial charge in [0.2, 0.25) is 0 Å². The van der Waals surface area contributed by atoms with Crippen LogP contribution in [-0.4, -0.2) is 78.4 Å². The number of aliphatic hydroxyl groups excluding tert-OH is 1. The number of carbonyl (C=O) groups excluding carboxylic acids is 1. The Morgan fingerprint density at radius 2 is 1.93 bits per heavy atom. The van der Waals surface area contributed by atoms with Gasteiger partial charge in [-0.1, -0.05) is 18.2 Å². The Kier molecular flexibility index (Phi) is 7.75. The number of ether oxygens (including phenoxy) is 1. The number of hydrogen-bond donors (Lipinski definition) is 2. The molecule has 0 spiro atoms. The van der Waals surface area contributed by atoms with E-state index in [9.17, 15) is 15.2 Å². The maximum Gasteiger partial charge on any atom is 0.264 e. The second-order valence-electron chi connectivity index (χ2n) is 11.7. The fourth-order valence-electron chi connectivity index (χ4n) is 5.84. The number of aromatic nitrogens is 4. The molecule has 4 heterocycles. The average Bonchev–Trinajstić information content (AvgIpc) is 3.39. The Labute approximate surface area is 254 Å². The van der Waals surface area contributed by atoms with Gasteiger partial charge < -0.3 is 20.5 Å². The first kappa shape index (κ1) is 29.2. The van der Waals surface area contributed by atoms with Crippen LogP contribution in [0.4, 0.5) is 10.2 Å². The molecule has 2 aromatic heterocycles. The normalized spacial score (nSPS) is 18.2. The molecule has 12 heteroatoms. The van der Waals surface area contributed by atoms with E-state index in [4.69, 9.17) is 15.6 Å². The number of hydrogen-bond acceptors (Lipinski definition) is 9. The van der Waals surface area contributed by atoms with E-state index in [0.717, 1.165) is 0 Å². The maximum absolute atomic E-state index is 15.6. The van der Waals surface area contributed by atoms with E-state index < -0.39 is 17.5 Å². The molecule has 3 N–H and O–H groups in total. The number of nitrogens with two attached hydrogens (primary N) is 1. The molecule has 2 aromatic carbocycles. The summed E-state index contributed by atoms with van der Waals surface area (Å²) >= 11 is 0. The molecule has 11 nitrogen and oxygen atoms in total. The monoisotopic (exact) mass is 596 g/mol. The Bertz CT molecular complexity index is 1780. The number of fused-ring (bicyclic) bond motifs is 1. The first-order valence-corrected chi connectivity index (χ1v) is 14.5. The second kappa shape index (κ2) is 11.7. The van der Waals surface area contributed by atoms with Gasteiger partial charge in [-0.25, -0.2) is 19.0 Å². The Morgan fingerprint density at radius 1 is 1.16 bits per heavy atom. The largest absolute Gasteiger partial charge is 0.457 e. The number of benzene rings is 2. The van der Waals surface area contributed by atoms with Crippen molar-refractivity contribution in [2.24, 2.45) is 0 Å². The first-order chi connectivity index (χ1) is 21.1. The predicted molar refractivity (Wildman–Crippen MR) is 162 cm³/mol. The summed E-state index contributed by atoms with van der Waals surface area (Å²) in [5, 5.41) is 24.8. The van der Waals surface area contributed by atoms with Gasteiger partial charge in [0.25, 0.3) is 5.91 Å². The number of piperidine rings is 1. The van der Waals surface area contributed by atoms with Crippen molar-refractivity contribution in [2.45, 2.75) is 44.4 Å². The van der Waals surface area contributed by atoms with Gasteiger partial charge in [-0.15, -0.1) is 0 Å². The van der Waals surface area contributed by atoms with Crippen LogP contribution in [-0.2, 0) is 4.79 Å². The number of β-amino-alcohol motifs (C(OH)–C–C–N with tert-alkyl or cyclic N) is 1. The second-order valence-corrected chi connectivity index (χ2v) is 11.7. The average molecular weight is 597 g/mol. The fraction of sp³-hybridized carbons (Fsp3) is 0.344. The number of nitriles is 1. The molecular weight excluding hydrogens is 563 g/mol. The molecule has 1 amide bonds. The topological polar surface area (TPSA) is 146 Å². The summed E-state index contributed by atoms with van der Waals surface area (Å²) in [6.07, 6.45) is 3.98. The van der Waals surface area contributed by atoms with E-state index in [2.05, 4.69) is 16.0 Å². The fourth-order valence-corrected chi connectivity index (χ4v) is 5.84. The number of likely N-dealkylation sites (tertiary alicyclic amines) is 2. The van der Waals surface area contributed by atoms with Crippen LogP contribution in [0.25, 0.3) is 22.3 Å². The quantitative estimate of drug-likeness (QED) is 0.238. The Hall–Kier alpha value is -4.86. The van der Waals surface area contributed by atoms with Crippen molar-refractivity contribution in [3.8, 4) is 28.8 Å². The maximum atomic E-state index is 15.6. The first-order valence-electron chi connectivity index (χ1n) is 14.5. The molecule has 1 atom stereocenters. The van der Waals surface area contributed by atoms with E-state index >= 15 is 4.39 Å². The van der Waals surface area contributed by atoms with Crippen LogP contribution < -0.4 is 10.5 Å². The molecule has 2 saturated heterocycles. The van der Waals surface area contributed by atoms with Crippen LogP contribution in [0.1, 0.15) is 32.7 Å². The molecule has 0 unspecified atom stereocenters. The van der Waals surface area contributed by atoms with Gasteiger partial charge >= 0.3 is 0 Å². The minimum atomic E-state index is -0.567. The van der Waals surface area contributed by atoms with Gasteiger partial charge in [-0.05, 0) is 57.0 Å². The van der Waals surface area contributed by atoms with E-state index in [0.29, 0.717) is 60.7 Å². The summed E-state index contributed by atoms with van der Waals surface area (Å²) in [7, 11) is 0. The van der Waals surface area contributed by atoms with Crippen molar-refractivity contribution < 1.29 is 19.0 Å². The lowest BCUT2D eigenvalue weighted by molar-refractivity contribution is -0.128. The molecule has 4 aromatic rings. The molecular formula is C32H33FN8O3. The van der Waals surface area contributed by atoms with Gasteiger partial charge in [0.1, 0.15) is 46.8 Å². The molecule has 0 radical (unpaired) electrons. The van der Waals surface area contributed by atoms with Crippen LogP contribution in [0.2, 0.25) is 0 Å². The predicted octanol–water partition coefficient (Wildman–Crippen LogP) is 4.08. The number of halogens is 1. The molecule has 0 saturated carbocycles. The highest BCUT2D eigenvalue weighted by atomic mass is 19.1. The van der Waals surface area contributed by atoms with Crippen molar-refractivity contribution in [1.82, 2.24) is 29.5 Å². The molecule has 6 rings (SSSR count). The molecule has 2 aliphatic rings. The van der Waals surface area contributed by atoms with Crippen LogP contribution >= 0.6 is 0 Å². The van der Waals surface area contributed by atoms with Crippen molar-refractivity contribution in [1.29, 1.82) is 5.26 Å². The minimum absolute atomic E-state index is 0.0505.